The number of amides is 2. The molecule has 0 bridgehead atoms. The van der Waals surface area contributed by atoms with Crippen molar-refractivity contribution in [1.82, 2.24) is 10.6 Å². The van der Waals surface area contributed by atoms with Crippen molar-refractivity contribution in [3.63, 3.8) is 0 Å². The average molecular weight is 284 g/mol. The Balaban J connectivity index is 2.14. The quantitative estimate of drug-likeness (QED) is 0.780. The molecule has 5 heteroatoms. The normalized spacial score (nSPS) is 17.1. The van der Waals surface area contributed by atoms with Crippen molar-refractivity contribution in [2.45, 2.75) is 77.4 Å². The van der Waals surface area contributed by atoms with Crippen molar-refractivity contribution in [3.8, 4) is 0 Å². The molecule has 0 spiro atoms. The van der Waals surface area contributed by atoms with E-state index in [2.05, 4.69) is 10.6 Å². The Kier molecular flexibility index (Phi) is 6.82. The molecule has 0 aromatic heterocycles. The van der Waals surface area contributed by atoms with Crippen molar-refractivity contribution in [2.75, 3.05) is 6.54 Å². The Bertz CT molecular complexity index is 316. The summed E-state index contributed by atoms with van der Waals surface area (Å²) < 4.78 is 5.10. The van der Waals surface area contributed by atoms with Crippen LogP contribution in [-0.4, -0.2) is 30.2 Å². The molecule has 1 aliphatic rings. The minimum absolute atomic E-state index is 0.00737. The topological polar surface area (TPSA) is 67.4 Å². The van der Waals surface area contributed by atoms with Crippen LogP contribution in [0.3, 0.4) is 0 Å². The number of hydrogen-bond acceptors (Lipinski definition) is 3. The summed E-state index contributed by atoms with van der Waals surface area (Å²) in [6.07, 6.45) is 6.91. The third kappa shape index (κ3) is 8.02. The molecule has 0 heterocycles. The third-order valence-electron chi connectivity index (χ3n) is 3.24. The molecule has 0 radical (unpaired) electrons. The number of nitrogens with one attached hydrogen (secondary N) is 2. The minimum atomic E-state index is -0.507. The van der Waals surface area contributed by atoms with Crippen LogP contribution in [0.2, 0.25) is 0 Å². The van der Waals surface area contributed by atoms with Crippen molar-refractivity contribution in [1.29, 1.82) is 0 Å². The van der Waals surface area contributed by atoms with Crippen LogP contribution in [0, 0.1) is 0 Å². The monoisotopic (exact) mass is 284 g/mol. The zero-order valence-corrected chi connectivity index (χ0v) is 13.0. The van der Waals surface area contributed by atoms with Crippen LogP contribution < -0.4 is 10.6 Å². The van der Waals surface area contributed by atoms with Gasteiger partial charge < -0.3 is 15.4 Å². The Labute approximate surface area is 121 Å². The number of carbonyl (C=O) groups excluding carboxylic acids is 2. The first kappa shape index (κ1) is 16.8. The molecule has 0 unspecified atom stereocenters. The van der Waals surface area contributed by atoms with Crippen LogP contribution in [0.25, 0.3) is 0 Å². The second kappa shape index (κ2) is 8.12. The summed E-state index contributed by atoms with van der Waals surface area (Å²) in [5.74, 6) is 0.00737. The van der Waals surface area contributed by atoms with E-state index in [1.54, 1.807) is 0 Å². The van der Waals surface area contributed by atoms with Crippen LogP contribution in [-0.2, 0) is 9.53 Å². The molecule has 5 nitrogen and oxygen atoms in total. The summed E-state index contributed by atoms with van der Waals surface area (Å²) in [6, 6.07) is 0.312. The van der Waals surface area contributed by atoms with Gasteiger partial charge in [-0.05, 0) is 33.6 Å². The molecule has 1 rings (SSSR count). The summed E-state index contributed by atoms with van der Waals surface area (Å²) >= 11 is 0. The lowest BCUT2D eigenvalue weighted by atomic mass is 10.1. The first-order chi connectivity index (χ1) is 9.37. The molecular formula is C15H28N2O3. The Morgan fingerprint density at radius 1 is 1.10 bits per heavy atom. The maximum atomic E-state index is 11.8. The SMILES string of the molecule is CC(C)(C)OC(=O)NCCC(=O)NC1CCCCCC1. The maximum absolute atomic E-state index is 11.8. The number of rotatable bonds is 4. The van der Waals surface area contributed by atoms with E-state index in [1.807, 2.05) is 20.8 Å². The van der Waals surface area contributed by atoms with E-state index in [0.717, 1.165) is 12.8 Å². The van der Waals surface area contributed by atoms with E-state index in [1.165, 1.54) is 25.7 Å². The molecule has 1 saturated carbocycles. The zero-order chi connectivity index (χ0) is 15.0. The molecule has 0 saturated heterocycles. The van der Waals surface area contributed by atoms with Gasteiger partial charge in [0.25, 0.3) is 0 Å². The largest absolute Gasteiger partial charge is 0.444 e. The third-order valence-corrected chi connectivity index (χ3v) is 3.24. The smallest absolute Gasteiger partial charge is 0.407 e. The fourth-order valence-corrected chi connectivity index (χ4v) is 2.32. The first-order valence-electron chi connectivity index (χ1n) is 7.63. The van der Waals surface area contributed by atoms with Crippen LogP contribution in [0.15, 0.2) is 0 Å². The van der Waals surface area contributed by atoms with Gasteiger partial charge in [0.1, 0.15) is 5.60 Å². The van der Waals surface area contributed by atoms with Crippen LogP contribution >= 0.6 is 0 Å². The van der Waals surface area contributed by atoms with E-state index in [0.29, 0.717) is 19.0 Å². The van der Waals surface area contributed by atoms with E-state index in [4.69, 9.17) is 4.74 Å². The number of ether oxygens (including phenoxy) is 1. The van der Waals surface area contributed by atoms with Crippen molar-refractivity contribution in [3.05, 3.63) is 0 Å². The van der Waals surface area contributed by atoms with Gasteiger partial charge in [-0.3, -0.25) is 4.79 Å². The molecule has 1 fully saturated rings. The fraction of sp³-hybridized carbons (Fsp3) is 0.867. The van der Waals surface area contributed by atoms with E-state index < -0.39 is 11.7 Å². The molecule has 0 aliphatic heterocycles. The Morgan fingerprint density at radius 3 is 2.25 bits per heavy atom. The molecule has 0 aromatic carbocycles. The van der Waals surface area contributed by atoms with Gasteiger partial charge in [0, 0.05) is 19.0 Å². The Morgan fingerprint density at radius 2 is 1.70 bits per heavy atom. The summed E-state index contributed by atoms with van der Waals surface area (Å²) in [5, 5.41) is 5.65. The second-order valence-corrected chi connectivity index (χ2v) is 6.43. The van der Waals surface area contributed by atoms with Gasteiger partial charge in [-0.15, -0.1) is 0 Å². The van der Waals surface area contributed by atoms with E-state index in [9.17, 15) is 9.59 Å². The molecule has 2 N–H and O–H groups in total. The lowest BCUT2D eigenvalue weighted by Crippen LogP contribution is -2.38. The minimum Gasteiger partial charge on any atom is -0.444 e. The maximum Gasteiger partial charge on any atom is 0.407 e. The van der Waals surface area contributed by atoms with Crippen LogP contribution in [0.1, 0.15) is 65.7 Å². The molecule has 1 aliphatic carbocycles. The molecular weight excluding hydrogens is 256 g/mol. The van der Waals surface area contributed by atoms with E-state index in [-0.39, 0.29) is 5.91 Å². The van der Waals surface area contributed by atoms with E-state index >= 15 is 0 Å². The highest BCUT2D eigenvalue weighted by atomic mass is 16.6. The van der Waals surface area contributed by atoms with Crippen molar-refractivity contribution < 1.29 is 14.3 Å². The highest BCUT2D eigenvalue weighted by Crippen LogP contribution is 2.17. The van der Waals surface area contributed by atoms with Crippen LogP contribution in [0.5, 0.6) is 0 Å². The Hall–Kier alpha value is -1.26. The predicted octanol–water partition coefficient (Wildman–Crippen LogP) is 2.74. The molecule has 116 valence electrons. The van der Waals surface area contributed by atoms with Crippen LogP contribution in [0.4, 0.5) is 4.79 Å². The summed E-state index contributed by atoms with van der Waals surface area (Å²) in [7, 11) is 0. The summed E-state index contributed by atoms with van der Waals surface area (Å²) in [6.45, 7) is 5.75. The lowest BCUT2D eigenvalue weighted by Gasteiger charge is -2.20. The number of hydrogen-bond donors (Lipinski definition) is 2. The van der Waals surface area contributed by atoms with Crippen molar-refractivity contribution in [2.24, 2.45) is 0 Å². The highest BCUT2D eigenvalue weighted by Gasteiger charge is 2.17. The molecule has 0 aromatic rings. The molecule has 0 atom stereocenters. The molecule has 2 amide bonds. The second-order valence-electron chi connectivity index (χ2n) is 6.43. The number of carbonyl (C=O) groups is 2. The van der Waals surface area contributed by atoms with Gasteiger partial charge in [-0.25, -0.2) is 4.79 Å². The zero-order valence-electron chi connectivity index (χ0n) is 13.0. The predicted molar refractivity (Wildman–Crippen MR) is 78.5 cm³/mol. The van der Waals surface area contributed by atoms with Gasteiger partial charge >= 0.3 is 6.09 Å². The molecule has 20 heavy (non-hydrogen) atoms. The lowest BCUT2D eigenvalue weighted by molar-refractivity contribution is -0.121. The average Bonchev–Trinajstić information content (AvgIpc) is 2.55. The standard InChI is InChI=1S/C15H28N2O3/c1-15(2,3)20-14(19)16-11-10-13(18)17-12-8-6-4-5-7-9-12/h12H,4-11H2,1-3H3,(H,16,19)(H,17,18). The van der Waals surface area contributed by atoms with Gasteiger partial charge in [-0.1, -0.05) is 25.7 Å². The first-order valence-corrected chi connectivity index (χ1v) is 7.63. The number of alkyl carbamates (subject to hydrolysis) is 1. The van der Waals surface area contributed by atoms with Gasteiger partial charge in [0.05, 0.1) is 0 Å². The van der Waals surface area contributed by atoms with Gasteiger partial charge in [0.2, 0.25) is 5.91 Å². The summed E-state index contributed by atoms with van der Waals surface area (Å²) in [4.78, 5) is 23.2. The van der Waals surface area contributed by atoms with Gasteiger partial charge in [0.15, 0.2) is 0 Å². The van der Waals surface area contributed by atoms with Crippen molar-refractivity contribution >= 4 is 12.0 Å². The van der Waals surface area contributed by atoms with Gasteiger partial charge in [-0.2, -0.15) is 0 Å². The fourth-order valence-electron chi connectivity index (χ4n) is 2.32. The highest BCUT2D eigenvalue weighted by molar-refractivity contribution is 5.77. The summed E-state index contributed by atoms with van der Waals surface area (Å²) in [5.41, 5.74) is -0.507.